The van der Waals surface area contributed by atoms with Crippen molar-refractivity contribution in [1.82, 2.24) is 0 Å². The van der Waals surface area contributed by atoms with Crippen molar-refractivity contribution in [2.24, 2.45) is 0 Å². The zero-order valence-electron chi connectivity index (χ0n) is 11.5. The van der Waals surface area contributed by atoms with Gasteiger partial charge < -0.3 is 14.2 Å². The Hall–Kier alpha value is -2.42. The molecule has 1 atom stereocenters. The molecule has 102 valence electrons. The van der Waals surface area contributed by atoms with E-state index in [0.717, 1.165) is 22.8 Å². The summed E-state index contributed by atoms with van der Waals surface area (Å²) < 4.78 is 16.4. The van der Waals surface area contributed by atoms with Crippen molar-refractivity contribution in [2.75, 3.05) is 14.2 Å². The Morgan fingerprint density at radius 1 is 1.00 bits per heavy atom. The highest BCUT2D eigenvalue weighted by atomic mass is 16.5. The first kappa shape index (κ1) is 12.6. The van der Waals surface area contributed by atoms with Crippen molar-refractivity contribution in [1.29, 1.82) is 0 Å². The SMILES string of the molecule is COc1cc(OC)c2c(c1)OC=CC2c1ccccc1. The van der Waals surface area contributed by atoms with E-state index in [-0.39, 0.29) is 5.92 Å². The van der Waals surface area contributed by atoms with Crippen LogP contribution >= 0.6 is 0 Å². The lowest BCUT2D eigenvalue weighted by Crippen LogP contribution is -2.08. The first-order valence-corrected chi connectivity index (χ1v) is 6.47. The third kappa shape index (κ3) is 2.11. The highest BCUT2D eigenvalue weighted by Gasteiger charge is 2.24. The van der Waals surface area contributed by atoms with Crippen molar-refractivity contribution < 1.29 is 14.2 Å². The van der Waals surface area contributed by atoms with Crippen molar-refractivity contribution in [3.8, 4) is 17.2 Å². The summed E-state index contributed by atoms with van der Waals surface area (Å²) in [5.74, 6) is 2.40. The number of ether oxygens (including phenoxy) is 3. The van der Waals surface area contributed by atoms with Crippen molar-refractivity contribution >= 4 is 0 Å². The van der Waals surface area contributed by atoms with E-state index in [4.69, 9.17) is 14.2 Å². The van der Waals surface area contributed by atoms with Crippen LogP contribution in [0.3, 0.4) is 0 Å². The van der Waals surface area contributed by atoms with E-state index in [0.29, 0.717) is 0 Å². The molecule has 0 saturated heterocycles. The molecule has 0 aliphatic carbocycles. The predicted molar refractivity (Wildman–Crippen MR) is 77.6 cm³/mol. The maximum absolute atomic E-state index is 5.62. The first-order valence-electron chi connectivity index (χ1n) is 6.47. The highest BCUT2D eigenvalue weighted by Crippen LogP contribution is 2.44. The summed E-state index contributed by atoms with van der Waals surface area (Å²) in [6.45, 7) is 0. The molecule has 3 nitrogen and oxygen atoms in total. The van der Waals surface area contributed by atoms with Gasteiger partial charge in [-0.15, -0.1) is 0 Å². The number of benzene rings is 2. The first-order chi connectivity index (χ1) is 9.83. The molecular formula is C17H16O3. The number of rotatable bonds is 3. The Morgan fingerprint density at radius 2 is 1.80 bits per heavy atom. The van der Waals surface area contributed by atoms with Crippen molar-refractivity contribution in [2.45, 2.75) is 5.92 Å². The average Bonchev–Trinajstić information content (AvgIpc) is 2.53. The second kappa shape index (κ2) is 5.29. The van der Waals surface area contributed by atoms with Crippen LogP contribution in [0.2, 0.25) is 0 Å². The number of fused-ring (bicyclic) bond motifs is 1. The lowest BCUT2D eigenvalue weighted by Gasteiger charge is -2.24. The summed E-state index contributed by atoms with van der Waals surface area (Å²) in [6, 6.07) is 14.1. The van der Waals surface area contributed by atoms with Crippen LogP contribution in [0.1, 0.15) is 17.0 Å². The molecule has 0 aromatic heterocycles. The number of hydrogen-bond donors (Lipinski definition) is 0. The van der Waals surface area contributed by atoms with Gasteiger partial charge >= 0.3 is 0 Å². The van der Waals surface area contributed by atoms with Crippen molar-refractivity contribution in [3.63, 3.8) is 0 Å². The molecule has 1 unspecified atom stereocenters. The molecule has 0 bridgehead atoms. The molecule has 0 N–H and O–H groups in total. The number of hydrogen-bond acceptors (Lipinski definition) is 3. The van der Waals surface area contributed by atoms with Crippen LogP contribution in [-0.4, -0.2) is 14.2 Å². The van der Waals surface area contributed by atoms with Crippen LogP contribution in [0.4, 0.5) is 0 Å². The van der Waals surface area contributed by atoms with E-state index >= 15 is 0 Å². The summed E-state index contributed by atoms with van der Waals surface area (Å²) in [5.41, 5.74) is 2.23. The van der Waals surface area contributed by atoms with Crippen molar-refractivity contribution in [3.05, 3.63) is 65.9 Å². The Labute approximate surface area is 118 Å². The lowest BCUT2D eigenvalue weighted by molar-refractivity contribution is 0.376. The standard InChI is InChI=1S/C17H16O3/c1-18-13-10-15(19-2)17-14(8-9-20-16(17)11-13)12-6-4-3-5-7-12/h3-11,14H,1-2H3. The van der Waals surface area contributed by atoms with E-state index in [9.17, 15) is 0 Å². The monoisotopic (exact) mass is 268 g/mol. The average molecular weight is 268 g/mol. The van der Waals surface area contributed by atoms with Crippen LogP contribution in [0, 0.1) is 0 Å². The fraction of sp³-hybridized carbons (Fsp3) is 0.176. The Bertz CT molecular complexity index is 632. The molecule has 3 heteroatoms. The molecule has 0 saturated carbocycles. The fourth-order valence-corrected chi connectivity index (χ4v) is 2.49. The normalized spacial score (nSPS) is 16.2. The third-order valence-electron chi connectivity index (χ3n) is 3.47. The molecule has 2 aromatic rings. The van der Waals surface area contributed by atoms with Gasteiger partial charge in [0.15, 0.2) is 0 Å². The highest BCUT2D eigenvalue weighted by molar-refractivity contribution is 5.58. The van der Waals surface area contributed by atoms with Gasteiger partial charge in [-0.3, -0.25) is 0 Å². The molecule has 0 radical (unpaired) electrons. The van der Waals surface area contributed by atoms with Gasteiger partial charge in [-0.05, 0) is 11.6 Å². The number of allylic oxidation sites excluding steroid dienone is 1. The van der Waals surface area contributed by atoms with E-state index < -0.39 is 0 Å². The summed E-state index contributed by atoms with van der Waals surface area (Å²) in [4.78, 5) is 0. The van der Waals surface area contributed by atoms with Gasteiger partial charge in [0.2, 0.25) is 0 Å². The maximum Gasteiger partial charge on any atom is 0.138 e. The summed E-state index contributed by atoms with van der Waals surface area (Å²) in [6.07, 6.45) is 3.76. The number of methoxy groups -OCH3 is 2. The molecule has 2 aromatic carbocycles. The topological polar surface area (TPSA) is 27.7 Å². The Kier molecular flexibility index (Phi) is 3.33. The summed E-state index contributed by atoms with van der Waals surface area (Å²) >= 11 is 0. The quantitative estimate of drug-likeness (QED) is 0.848. The smallest absolute Gasteiger partial charge is 0.138 e. The zero-order chi connectivity index (χ0) is 13.9. The van der Waals surface area contributed by atoms with E-state index in [2.05, 4.69) is 12.1 Å². The zero-order valence-corrected chi connectivity index (χ0v) is 11.5. The van der Waals surface area contributed by atoms with Gasteiger partial charge in [-0.25, -0.2) is 0 Å². The summed E-state index contributed by atoms with van der Waals surface area (Å²) in [7, 11) is 3.30. The van der Waals surface area contributed by atoms with Crippen LogP contribution in [0.25, 0.3) is 0 Å². The molecule has 0 amide bonds. The second-order valence-corrected chi connectivity index (χ2v) is 4.58. The molecule has 20 heavy (non-hydrogen) atoms. The molecule has 1 heterocycles. The van der Waals surface area contributed by atoms with E-state index in [1.807, 2.05) is 36.4 Å². The molecular weight excluding hydrogens is 252 g/mol. The van der Waals surface area contributed by atoms with Crippen LogP contribution in [-0.2, 0) is 0 Å². The van der Waals surface area contributed by atoms with Gasteiger partial charge in [-0.2, -0.15) is 0 Å². The molecule has 0 fully saturated rings. The van der Waals surface area contributed by atoms with E-state index in [1.165, 1.54) is 5.56 Å². The van der Waals surface area contributed by atoms with Gasteiger partial charge in [0.1, 0.15) is 17.2 Å². The molecule has 1 aliphatic heterocycles. The minimum absolute atomic E-state index is 0.126. The maximum atomic E-state index is 5.62. The van der Waals surface area contributed by atoms with Gasteiger partial charge in [0, 0.05) is 23.6 Å². The second-order valence-electron chi connectivity index (χ2n) is 4.58. The Morgan fingerprint density at radius 3 is 2.50 bits per heavy atom. The fourth-order valence-electron chi connectivity index (χ4n) is 2.49. The van der Waals surface area contributed by atoms with Crippen LogP contribution in [0.5, 0.6) is 17.2 Å². The summed E-state index contributed by atoms with van der Waals surface area (Å²) in [5, 5.41) is 0. The molecule has 3 rings (SSSR count). The van der Waals surface area contributed by atoms with Gasteiger partial charge in [0.05, 0.1) is 20.5 Å². The molecule has 0 spiro atoms. The minimum atomic E-state index is 0.126. The third-order valence-corrected chi connectivity index (χ3v) is 3.47. The minimum Gasteiger partial charge on any atom is -0.496 e. The molecule has 1 aliphatic rings. The lowest BCUT2D eigenvalue weighted by atomic mass is 9.89. The largest absolute Gasteiger partial charge is 0.496 e. The predicted octanol–water partition coefficient (Wildman–Crippen LogP) is 3.74. The van der Waals surface area contributed by atoms with Crippen LogP contribution < -0.4 is 14.2 Å². The Balaban J connectivity index is 2.15. The van der Waals surface area contributed by atoms with Gasteiger partial charge in [-0.1, -0.05) is 30.3 Å². The van der Waals surface area contributed by atoms with Gasteiger partial charge in [0.25, 0.3) is 0 Å². The van der Waals surface area contributed by atoms with Crippen LogP contribution in [0.15, 0.2) is 54.8 Å². The van der Waals surface area contributed by atoms with E-state index in [1.54, 1.807) is 20.5 Å².